The van der Waals surface area contributed by atoms with E-state index in [1.807, 2.05) is 4.90 Å². The molecule has 2 aliphatic heterocycles. The number of carbonyl (C=O) groups excluding carboxylic acids is 2. The Labute approximate surface area is 175 Å². The van der Waals surface area contributed by atoms with Crippen LogP contribution >= 0.6 is 0 Å². The lowest BCUT2D eigenvalue weighted by atomic mass is 9.87. The molecular formula is C25H36N2O2. The van der Waals surface area contributed by atoms with E-state index in [0.29, 0.717) is 30.7 Å². The summed E-state index contributed by atoms with van der Waals surface area (Å²) >= 11 is 0. The van der Waals surface area contributed by atoms with Gasteiger partial charge in [-0.3, -0.25) is 9.59 Å². The highest BCUT2D eigenvalue weighted by Crippen LogP contribution is 2.29. The Bertz CT molecular complexity index is 675. The molecule has 158 valence electrons. The van der Waals surface area contributed by atoms with Gasteiger partial charge in [0.1, 0.15) is 0 Å². The third-order valence-corrected chi connectivity index (χ3v) is 7.35. The molecule has 2 heterocycles. The van der Waals surface area contributed by atoms with Crippen molar-refractivity contribution in [1.82, 2.24) is 9.80 Å². The lowest BCUT2D eigenvalue weighted by Crippen LogP contribution is -2.50. The van der Waals surface area contributed by atoms with E-state index < -0.39 is 0 Å². The van der Waals surface area contributed by atoms with Gasteiger partial charge < -0.3 is 9.80 Å². The van der Waals surface area contributed by atoms with Gasteiger partial charge in [-0.15, -0.1) is 0 Å². The van der Waals surface area contributed by atoms with Gasteiger partial charge in [0.25, 0.3) is 0 Å². The van der Waals surface area contributed by atoms with Crippen molar-refractivity contribution >= 4 is 11.8 Å². The van der Waals surface area contributed by atoms with Crippen LogP contribution in [-0.4, -0.2) is 47.8 Å². The second-order valence-electron chi connectivity index (χ2n) is 9.50. The number of carbonyl (C=O) groups is 2. The fraction of sp³-hybridized carbons (Fsp3) is 0.680. The Balaban J connectivity index is 1.26. The highest BCUT2D eigenvalue weighted by Gasteiger charge is 2.35. The van der Waals surface area contributed by atoms with Crippen LogP contribution in [0, 0.1) is 17.8 Å². The highest BCUT2D eigenvalue weighted by molar-refractivity contribution is 5.84. The molecule has 2 saturated heterocycles. The van der Waals surface area contributed by atoms with E-state index in [2.05, 4.69) is 35.2 Å². The number of rotatable bonds is 5. The molecule has 3 aliphatic rings. The second kappa shape index (κ2) is 9.77. The first-order chi connectivity index (χ1) is 14.2. The Hall–Kier alpha value is -1.84. The van der Waals surface area contributed by atoms with E-state index >= 15 is 0 Å². The number of hydrogen-bond donors (Lipinski definition) is 0. The first kappa shape index (κ1) is 20.4. The summed E-state index contributed by atoms with van der Waals surface area (Å²) in [6.45, 7) is 3.28. The third kappa shape index (κ3) is 5.40. The van der Waals surface area contributed by atoms with E-state index in [1.165, 1.54) is 37.7 Å². The minimum atomic E-state index is 0.0157. The minimum Gasteiger partial charge on any atom is -0.342 e. The summed E-state index contributed by atoms with van der Waals surface area (Å²) in [5, 5.41) is 0. The molecule has 0 radical (unpaired) electrons. The van der Waals surface area contributed by atoms with Crippen molar-refractivity contribution in [1.29, 1.82) is 0 Å². The fourth-order valence-electron chi connectivity index (χ4n) is 5.54. The molecule has 1 atom stereocenters. The molecule has 2 amide bonds. The van der Waals surface area contributed by atoms with Gasteiger partial charge in [0.2, 0.25) is 11.8 Å². The van der Waals surface area contributed by atoms with E-state index in [0.717, 1.165) is 45.3 Å². The number of hydrogen-bond acceptors (Lipinski definition) is 2. The number of benzene rings is 1. The van der Waals surface area contributed by atoms with Gasteiger partial charge in [-0.1, -0.05) is 49.6 Å². The van der Waals surface area contributed by atoms with Crippen molar-refractivity contribution in [2.75, 3.05) is 26.2 Å². The molecule has 0 N–H and O–H groups in total. The third-order valence-electron chi connectivity index (χ3n) is 7.35. The summed E-state index contributed by atoms with van der Waals surface area (Å²) < 4.78 is 0. The number of likely N-dealkylation sites (tertiary alicyclic amines) is 2. The van der Waals surface area contributed by atoms with E-state index in [9.17, 15) is 9.59 Å². The standard InChI is InChI=1S/C25H36N2O2/c28-24-12-11-23(19-27(24)18-22-9-5-2-6-10-22)25(29)26-15-13-21(14-16-26)17-20-7-3-1-4-8-20/h1,3-4,7-8,21-23H,2,5-6,9-19H2. The molecule has 29 heavy (non-hydrogen) atoms. The van der Waals surface area contributed by atoms with Gasteiger partial charge >= 0.3 is 0 Å². The van der Waals surface area contributed by atoms with Crippen LogP contribution in [-0.2, 0) is 16.0 Å². The first-order valence-corrected chi connectivity index (χ1v) is 11.8. The molecule has 1 aromatic rings. The maximum absolute atomic E-state index is 13.2. The summed E-state index contributed by atoms with van der Waals surface area (Å²) in [6.07, 6.45) is 11.0. The summed E-state index contributed by atoms with van der Waals surface area (Å²) in [6, 6.07) is 10.7. The van der Waals surface area contributed by atoms with Crippen LogP contribution in [0.25, 0.3) is 0 Å². The monoisotopic (exact) mass is 396 g/mol. The summed E-state index contributed by atoms with van der Waals surface area (Å²) in [7, 11) is 0. The molecule has 0 bridgehead atoms. The van der Waals surface area contributed by atoms with Crippen LogP contribution in [0.1, 0.15) is 63.4 Å². The molecule has 4 nitrogen and oxygen atoms in total. The van der Waals surface area contributed by atoms with Gasteiger partial charge in [0.15, 0.2) is 0 Å². The topological polar surface area (TPSA) is 40.6 Å². The van der Waals surface area contributed by atoms with E-state index in [4.69, 9.17) is 0 Å². The molecular weight excluding hydrogens is 360 g/mol. The van der Waals surface area contributed by atoms with E-state index in [-0.39, 0.29) is 11.8 Å². The zero-order chi connectivity index (χ0) is 20.1. The second-order valence-corrected chi connectivity index (χ2v) is 9.50. The maximum atomic E-state index is 13.2. The molecule has 0 aromatic heterocycles. The molecule has 4 heteroatoms. The number of nitrogens with zero attached hydrogens (tertiary/aromatic N) is 2. The predicted octanol–water partition coefficient (Wildman–Crippen LogP) is 4.29. The van der Waals surface area contributed by atoms with Crippen LogP contribution in [0.2, 0.25) is 0 Å². The Kier molecular flexibility index (Phi) is 6.89. The van der Waals surface area contributed by atoms with Crippen molar-refractivity contribution in [3.05, 3.63) is 35.9 Å². The van der Waals surface area contributed by atoms with Gasteiger partial charge in [-0.25, -0.2) is 0 Å². The lowest BCUT2D eigenvalue weighted by Gasteiger charge is -2.39. The molecule has 4 rings (SSSR count). The SMILES string of the molecule is O=C1CCC(C(=O)N2CCC(Cc3ccccc3)CC2)CN1CC1CCCCC1. The Morgan fingerprint density at radius 1 is 0.897 bits per heavy atom. The van der Waals surface area contributed by atoms with Crippen molar-refractivity contribution in [3.8, 4) is 0 Å². The van der Waals surface area contributed by atoms with Crippen LogP contribution < -0.4 is 0 Å². The summed E-state index contributed by atoms with van der Waals surface area (Å²) in [5.41, 5.74) is 1.40. The smallest absolute Gasteiger partial charge is 0.227 e. The lowest BCUT2D eigenvalue weighted by molar-refractivity contribution is -0.144. The van der Waals surface area contributed by atoms with E-state index in [1.54, 1.807) is 0 Å². The zero-order valence-corrected chi connectivity index (χ0v) is 17.7. The summed E-state index contributed by atoms with van der Waals surface area (Å²) in [5.74, 6) is 1.90. The van der Waals surface area contributed by atoms with Gasteiger partial charge in [-0.05, 0) is 55.9 Å². The maximum Gasteiger partial charge on any atom is 0.227 e. The molecule has 0 spiro atoms. The molecule has 1 saturated carbocycles. The predicted molar refractivity (Wildman–Crippen MR) is 115 cm³/mol. The highest BCUT2D eigenvalue weighted by atomic mass is 16.2. The average Bonchev–Trinajstić information content (AvgIpc) is 2.77. The number of amides is 2. The molecule has 3 fully saturated rings. The van der Waals surface area contributed by atoms with Crippen LogP contribution in [0.3, 0.4) is 0 Å². The van der Waals surface area contributed by atoms with Gasteiger partial charge in [0, 0.05) is 32.6 Å². The quantitative estimate of drug-likeness (QED) is 0.745. The Morgan fingerprint density at radius 3 is 2.34 bits per heavy atom. The average molecular weight is 397 g/mol. The molecule has 1 aliphatic carbocycles. The van der Waals surface area contributed by atoms with Crippen molar-refractivity contribution in [3.63, 3.8) is 0 Å². The van der Waals surface area contributed by atoms with Crippen molar-refractivity contribution in [2.45, 2.75) is 64.2 Å². The summed E-state index contributed by atoms with van der Waals surface area (Å²) in [4.78, 5) is 29.7. The van der Waals surface area contributed by atoms with Crippen molar-refractivity contribution in [2.24, 2.45) is 17.8 Å². The zero-order valence-electron chi connectivity index (χ0n) is 17.7. The van der Waals surface area contributed by atoms with Gasteiger partial charge in [0.05, 0.1) is 5.92 Å². The van der Waals surface area contributed by atoms with Crippen LogP contribution in [0.15, 0.2) is 30.3 Å². The molecule has 1 aromatic carbocycles. The van der Waals surface area contributed by atoms with Crippen LogP contribution in [0.4, 0.5) is 0 Å². The largest absolute Gasteiger partial charge is 0.342 e. The van der Waals surface area contributed by atoms with Crippen LogP contribution in [0.5, 0.6) is 0 Å². The van der Waals surface area contributed by atoms with Gasteiger partial charge in [-0.2, -0.15) is 0 Å². The van der Waals surface area contributed by atoms with Crippen molar-refractivity contribution < 1.29 is 9.59 Å². The fourth-order valence-corrected chi connectivity index (χ4v) is 5.54. The minimum absolute atomic E-state index is 0.0157. The molecule has 1 unspecified atom stereocenters. The first-order valence-electron chi connectivity index (χ1n) is 11.8. The Morgan fingerprint density at radius 2 is 1.62 bits per heavy atom. The normalized spacial score (nSPS) is 24.7. The number of piperidine rings is 2.